The van der Waals surface area contributed by atoms with Crippen molar-refractivity contribution in [3.8, 4) is 5.75 Å². The van der Waals surface area contributed by atoms with Crippen LogP contribution in [0.25, 0.3) is 0 Å². The monoisotopic (exact) mass is 407 g/mol. The lowest BCUT2D eigenvalue weighted by Gasteiger charge is -2.09. The zero-order chi connectivity index (χ0) is 18.7. The molecule has 0 radical (unpaired) electrons. The van der Waals surface area contributed by atoms with E-state index in [0.717, 1.165) is 10.0 Å². The number of hydrogen-bond acceptors (Lipinski definition) is 4. The second kappa shape index (κ2) is 11.3. The van der Waals surface area contributed by atoms with Crippen molar-refractivity contribution < 1.29 is 19.1 Å². The minimum atomic E-state index is -0.613. The van der Waals surface area contributed by atoms with Gasteiger partial charge >= 0.3 is 12.1 Å². The maximum atomic E-state index is 11.8. The molecule has 0 saturated heterocycles. The zero-order valence-electron chi connectivity index (χ0n) is 14.5. The average molecular weight is 408 g/mol. The van der Waals surface area contributed by atoms with E-state index in [9.17, 15) is 9.59 Å². The smallest absolute Gasteiger partial charge is 0.412 e. The summed E-state index contributed by atoms with van der Waals surface area (Å²) >= 11 is 3.37. The maximum absolute atomic E-state index is 11.8. The van der Waals surface area contributed by atoms with Gasteiger partial charge in [-0.2, -0.15) is 0 Å². The number of methoxy groups -OCH3 is 1. The number of rotatable bonds is 5. The van der Waals surface area contributed by atoms with Crippen molar-refractivity contribution in [3.05, 3.63) is 64.1 Å². The van der Waals surface area contributed by atoms with Gasteiger partial charge < -0.3 is 14.8 Å². The van der Waals surface area contributed by atoms with Crippen LogP contribution >= 0.6 is 15.9 Å². The van der Waals surface area contributed by atoms with Gasteiger partial charge in [0.1, 0.15) is 11.3 Å². The topological polar surface area (TPSA) is 64.6 Å². The van der Waals surface area contributed by atoms with Crippen LogP contribution in [0.2, 0.25) is 0 Å². The first kappa shape index (κ1) is 20.7. The summed E-state index contributed by atoms with van der Waals surface area (Å²) in [7, 11) is 1.28. The first-order chi connectivity index (χ1) is 12.1. The summed E-state index contributed by atoms with van der Waals surface area (Å²) in [6.45, 7) is 4.43. The van der Waals surface area contributed by atoms with Crippen molar-refractivity contribution in [3.63, 3.8) is 0 Å². The van der Waals surface area contributed by atoms with Crippen molar-refractivity contribution in [2.24, 2.45) is 0 Å². The molecular weight excluding hydrogens is 386 g/mol. The zero-order valence-corrected chi connectivity index (χ0v) is 16.1. The largest absolute Gasteiger partial charge is 0.465 e. The number of carbonyl (C=O) groups excluding carboxylic acids is 2. The number of esters is 1. The van der Waals surface area contributed by atoms with E-state index in [0.29, 0.717) is 13.0 Å². The second-order valence-corrected chi connectivity index (χ2v) is 5.60. The quantitative estimate of drug-likeness (QED) is 0.735. The lowest BCUT2D eigenvalue weighted by Crippen LogP contribution is -2.29. The number of nitrogens with one attached hydrogen (secondary N) is 1. The highest BCUT2D eigenvalue weighted by Crippen LogP contribution is 2.18. The predicted molar refractivity (Wildman–Crippen MR) is 101 cm³/mol. The first-order valence-corrected chi connectivity index (χ1v) is 8.77. The fraction of sp³-hybridized carbons (Fsp3) is 0.263. The van der Waals surface area contributed by atoms with Crippen LogP contribution in [0.3, 0.4) is 0 Å². The summed E-state index contributed by atoms with van der Waals surface area (Å²) < 4.78 is 10.8. The molecule has 0 atom stereocenters. The van der Waals surface area contributed by atoms with E-state index >= 15 is 0 Å². The molecule has 0 saturated carbocycles. The van der Waals surface area contributed by atoms with E-state index < -0.39 is 12.1 Å². The molecule has 0 aliphatic rings. The molecule has 0 aliphatic carbocycles. The Morgan fingerprint density at radius 1 is 1.04 bits per heavy atom. The van der Waals surface area contributed by atoms with Gasteiger partial charge in [-0.15, -0.1) is 0 Å². The van der Waals surface area contributed by atoms with Gasteiger partial charge in [0, 0.05) is 11.0 Å². The van der Waals surface area contributed by atoms with E-state index in [1.165, 1.54) is 13.2 Å². The summed E-state index contributed by atoms with van der Waals surface area (Å²) in [5.74, 6) is -0.385. The third kappa shape index (κ3) is 6.97. The van der Waals surface area contributed by atoms with Crippen molar-refractivity contribution >= 4 is 28.0 Å². The fourth-order valence-corrected chi connectivity index (χ4v) is 2.19. The number of ether oxygens (including phenoxy) is 2. The van der Waals surface area contributed by atoms with Gasteiger partial charge in [0.25, 0.3) is 0 Å². The molecule has 0 aliphatic heterocycles. The Kier molecular flexibility index (Phi) is 9.32. The van der Waals surface area contributed by atoms with E-state index in [4.69, 9.17) is 4.74 Å². The van der Waals surface area contributed by atoms with Crippen LogP contribution in [0.15, 0.2) is 53.0 Å². The predicted octanol–water partition coefficient (Wildman–Crippen LogP) is 4.59. The molecular formula is C19H22BrNO4. The lowest BCUT2D eigenvalue weighted by molar-refractivity contribution is 0.0598. The minimum absolute atomic E-state index is 0.167. The third-order valence-corrected chi connectivity index (χ3v) is 3.62. The van der Waals surface area contributed by atoms with Gasteiger partial charge in [0.05, 0.1) is 7.11 Å². The van der Waals surface area contributed by atoms with Crippen molar-refractivity contribution in [2.75, 3.05) is 13.7 Å². The second-order valence-electron chi connectivity index (χ2n) is 4.68. The first-order valence-electron chi connectivity index (χ1n) is 7.97. The van der Waals surface area contributed by atoms with E-state index in [-0.39, 0.29) is 11.3 Å². The van der Waals surface area contributed by atoms with Gasteiger partial charge in [-0.25, -0.2) is 9.59 Å². The van der Waals surface area contributed by atoms with E-state index in [2.05, 4.69) is 26.0 Å². The fourth-order valence-electron chi connectivity index (χ4n) is 1.93. The maximum Gasteiger partial charge on any atom is 0.412 e. The molecule has 0 heterocycles. The summed E-state index contributed by atoms with van der Waals surface area (Å²) in [6.07, 6.45) is 0.0690. The summed E-state index contributed by atoms with van der Waals surface area (Å²) in [5, 5.41) is 2.65. The highest BCUT2D eigenvalue weighted by atomic mass is 79.9. The number of carbonyl (C=O) groups is 2. The number of hydrogen-bond donors (Lipinski definition) is 1. The number of benzene rings is 2. The van der Waals surface area contributed by atoms with Crippen LogP contribution in [-0.4, -0.2) is 25.7 Å². The van der Waals surface area contributed by atoms with Gasteiger partial charge in [0.15, 0.2) is 0 Å². The Hall–Kier alpha value is -2.34. The molecule has 5 nitrogen and oxygen atoms in total. The molecule has 25 heavy (non-hydrogen) atoms. The van der Waals surface area contributed by atoms with Gasteiger partial charge in [-0.3, -0.25) is 0 Å². The van der Waals surface area contributed by atoms with E-state index in [1.807, 2.05) is 38.1 Å². The molecule has 0 fully saturated rings. The van der Waals surface area contributed by atoms with Gasteiger partial charge in [0.2, 0.25) is 0 Å². The Morgan fingerprint density at radius 2 is 1.68 bits per heavy atom. The van der Waals surface area contributed by atoms with Crippen LogP contribution in [0.5, 0.6) is 5.75 Å². The molecule has 0 unspecified atom stereocenters. The Labute approximate surface area is 156 Å². The molecule has 2 aromatic carbocycles. The molecule has 2 rings (SSSR count). The van der Waals surface area contributed by atoms with Crippen LogP contribution in [0.1, 0.15) is 29.8 Å². The summed E-state index contributed by atoms with van der Waals surface area (Å²) in [4.78, 5) is 23.4. The highest BCUT2D eigenvalue weighted by molar-refractivity contribution is 9.10. The van der Waals surface area contributed by atoms with E-state index in [1.54, 1.807) is 18.2 Å². The Balaban J connectivity index is 0.00000151. The van der Waals surface area contributed by atoms with Crippen LogP contribution in [0.4, 0.5) is 4.79 Å². The standard InChI is InChI=1S/C17H16BrNO4.C2H6/c1-22-16(20)14-4-2-3-5-15(14)23-17(21)19-11-10-12-6-8-13(18)9-7-12;1-2/h2-9H,10-11H2,1H3,(H,19,21);1-2H3. The molecule has 0 spiro atoms. The lowest BCUT2D eigenvalue weighted by atomic mass is 10.1. The molecule has 6 heteroatoms. The minimum Gasteiger partial charge on any atom is -0.465 e. The van der Waals surface area contributed by atoms with Crippen molar-refractivity contribution in [2.45, 2.75) is 20.3 Å². The molecule has 2 aromatic rings. The van der Waals surface area contributed by atoms with Gasteiger partial charge in [-0.1, -0.05) is 54.0 Å². The normalized spacial score (nSPS) is 9.44. The Morgan fingerprint density at radius 3 is 2.32 bits per heavy atom. The molecule has 134 valence electrons. The third-order valence-electron chi connectivity index (χ3n) is 3.09. The Bertz CT molecular complexity index is 686. The number of amides is 1. The van der Waals surface area contributed by atoms with Crippen LogP contribution < -0.4 is 10.1 Å². The summed E-state index contributed by atoms with van der Waals surface area (Å²) in [5.41, 5.74) is 1.31. The van der Waals surface area contributed by atoms with Crippen LogP contribution in [0, 0.1) is 0 Å². The molecule has 0 aromatic heterocycles. The van der Waals surface area contributed by atoms with Crippen molar-refractivity contribution in [1.29, 1.82) is 0 Å². The van der Waals surface area contributed by atoms with Crippen LogP contribution in [-0.2, 0) is 11.2 Å². The average Bonchev–Trinajstić information content (AvgIpc) is 2.65. The van der Waals surface area contributed by atoms with Crippen molar-refractivity contribution in [1.82, 2.24) is 5.32 Å². The number of halogens is 1. The molecule has 0 bridgehead atoms. The molecule has 1 amide bonds. The SMILES string of the molecule is CC.COC(=O)c1ccccc1OC(=O)NCCc1ccc(Br)cc1. The van der Waals surface area contributed by atoms with Gasteiger partial charge in [-0.05, 0) is 36.2 Å². The number of para-hydroxylation sites is 1. The molecule has 1 N–H and O–H groups in total. The highest BCUT2D eigenvalue weighted by Gasteiger charge is 2.14. The summed E-state index contributed by atoms with van der Waals surface area (Å²) in [6, 6.07) is 14.3.